The number of benzene rings is 1. The van der Waals surface area contributed by atoms with Gasteiger partial charge in [0.1, 0.15) is 12.3 Å². The van der Waals surface area contributed by atoms with Gasteiger partial charge in [0.15, 0.2) is 0 Å². The summed E-state index contributed by atoms with van der Waals surface area (Å²) in [5.41, 5.74) is 2.38. The average Bonchev–Trinajstić information content (AvgIpc) is 3.00. The molecule has 1 aliphatic rings. The van der Waals surface area contributed by atoms with Crippen molar-refractivity contribution in [2.24, 2.45) is 5.92 Å². The minimum absolute atomic E-state index is 0.0568. The molecule has 0 saturated carbocycles. The minimum atomic E-state index is -0.628. The van der Waals surface area contributed by atoms with E-state index in [1.165, 1.54) is 0 Å². The van der Waals surface area contributed by atoms with Crippen LogP contribution >= 0.6 is 0 Å². The van der Waals surface area contributed by atoms with Crippen molar-refractivity contribution >= 4 is 18.1 Å². The Balaban J connectivity index is 2.21. The van der Waals surface area contributed by atoms with Crippen molar-refractivity contribution in [2.45, 2.75) is 52.6 Å². The number of rotatable bonds is 5. The third-order valence-corrected chi connectivity index (χ3v) is 4.67. The van der Waals surface area contributed by atoms with E-state index in [9.17, 15) is 14.4 Å². The van der Waals surface area contributed by atoms with Crippen LogP contribution in [0.1, 0.15) is 48.2 Å². The molecule has 2 rings (SSSR count). The number of hydrogen-bond acceptors (Lipinski definition) is 3. The van der Waals surface area contributed by atoms with Crippen molar-refractivity contribution in [1.29, 1.82) is 0 Å². The zero-order valence-corrected chi connectivity index (χ0v) is 14.8. The topological polar surface area (TPSA) is 66.5 Å². The second-order valence-electron chi connectivity index (χ2n) is 6.84. The zero-order chi connectivity index (χ0) is 17.9. The molecule has 1 N–H and O–H groups in total. The Labute approximate surface area is 143 Å². The second-order valence-corrected chi connectivity index (χ2v) is 6.84. The van der Waals surface area contributed by atoms with Crippen molar-refractivity contribution in [3.05, 3.63) is 34.9 Å². The first kappa shape index (κ1) is 18.2. The van der Waals surface area contributed by atoms with Crippen LogP contribution in [0.4, 0.5) is 0 Å². The van der Waals surface area contributed by atoms with E-state index in [1.807, 2.05) is 45.9 Å². The van der Waals surface area contributed by atoms with Crippen LogP contribution in [0.3, 0.4) is 0 Å². The first-order chi connectivity index (χ1) is 11.4. The van der Waals surface area contributed by atoms with Crippen molar-refractivity contribution in [3.63, 3.8) is 0 Å². The molecule has 0 unspecified atom stereocenters. The number of hydrogen-bond donors (Lipinski definition) is 1. The van der Waals surface area contributed by atoms with Gasteiger partial charge >= 0.3 is 0 Å². The van der Waals surface area contributed by atoms with Crippen LogP contribution in [-0.2, 0) is 9.59 Å². The number of amides is 2. The molecular formula is C19H26N2O3. The first-order valence-corrected chi connectivity index (χ1v) is 8.49. The molecule has 2 amide bonds. The lowest BCUT2D eigenvalue weighted by atomic mass is 9.99. The minimum Gasteiger partial charge on any atom is -0.340 e. The largest absolute Gasteiger partial charge is 0.340 e. The van der Waals surface area contributed by atoms with Gasteiger partial charge in [-0.05, 0) is 43.7 Å². The van der Waals surface area contributed by atoms with Gasteiger partial charge in [0.2, 0.25) is 5.91 Å². The molecule has 5 heteroatoms. The highest BCUT2D eigenvalue weighted by Gasteiger charge is 2.35. The van der Waals surface area contributed by atoms with Gasteiger partial charge in [-0.2, -0.15) is 0 Å². The Hall–Kier alpha value is -2.17. The summed E-state index contributed by atoms with van der Waals surface area (Å²) in [5, 5.41) is 2.89. The number of aryl methyl sites for hydroxylation is 2. The van der Waals surface area contributed by atoms with E-state index in [0.29, 0.717) is 18.5 Å². The van der Waals surface area contributed by atoms with Crippen molar-refractivity contribution in [1.82, 2.24) is 10.2 Å². The standard InChI is InChI=1S/C19H26N2O3/c1-12(2)17(19(24)21-10-6-9-15(21)11-22)20-18(23)16-13(3)7-5-8-14(16)4/h5,7-8,11-12,15,17H,6,9-10H2,1-4H3,(H,20,23)/t15-,17-/m0/s1. The summed E-state index contributed by atoms with van der Waals surface area (Å²) in [7, 11) is 0. The molecule has 0 spiro atoms. The summed E-state index contributed by atoms with van der Waals surface area (Å²) in [5.74, 6) is -0.461. The van der Waals surface area contributed by atoms with E-state index in [2.05, 4.69) is 5.32 Å². The number of carbonyl (C=O) groups is 3. The number of nitrogens with one attached hydrogen (secondary N) is 1. The van der Waals surface area contributed by atoms with Gasteiger partial charge in [0.25, 0.3) is 5.91 Å². The van der Waals surface area contributed by atoms with Crippen LogP contribution in [0.15, 0.2) is 18.2 Å². The summed E-state index contributed by atoms with van der Waals surface area (Å²) in [6.07, 6.45) is 2.35. The summed E-state index contributed by atoms with van der Waals surface area (Å²) < 4.78 is 0. The van der Waals surface area contributed by atoms with Gasteiger partial charge < -0.3 is 15.0 Å². The lowest BCUT2D eigenvalue weighted by Gasteiger charge is -2.29. The molecule has 0 aromatic heterocycles. The molecule has 1 aliphatic heterocycles. The summed E-state index contributed by atoms with van der Waals surface area (Å²) in [4.78, 5) is 38.3. The first-order valence-electron chi connectivity index (χ1n) is 8.49. The highest BCUT2D eigenvalue weighted by molar-refractivity contribution is 6.00. The molecule has 1 aromatic carbocycles. The summed E-state index contributed by atoms with van der Waals surface area (Å²) >= 11 is 0. The van der Waals surface area contributed by atoms with Gasteiger partial charge in [-0.15, -0.1) is 0 Å². The van der Waals surface area contributed by atoms with Crippen LogP contribution in [0.2, 0.25) is 0 Å². The third kappa shape index (κ3) is 3.66. The predicted molar refractivity (Wildman–Crippen MR) is 92.8 cm³/mol. The summed E-state index contributed by atoms with van der Waals surface area (Å²) in [6, 6.07) is 4.69. The maximum absolute atomic E-state index is 12.8. The molecule has 0 bridgehead atoms. The second kappa shape index (κ2) is 7.60. The Bertz CT molecular complexity index is 619. The maximum Gasteiger partial charge on any atom is 0.252 e. The molecule has 2 atom stereocenters. The monoisotopic (exact) mass is 330 g/mol. The summed E-state index contributed by atoms with van der Waals surface area (Å²) in [6.45, 7) is 8.15. The molecule has 0 radical (unpaired) electrons. The van der Waals surface area contributed by atoms with Gasteiger partial charge in [0.05, 0.1) is 6.04 Å². The van der Waals surface area contributed by atoms with Crippen molar-refractivity contribution in [3.8, 4) is 0 Å². The quantitative estimate of drug-likeness (QED) is 0.842. The predicted octanol–water partition coefficient (Wildman–Crippen LogP) is 2.25. The van der Waals surface area contributed by atoms with Gasteiger partial charge in [0, 0.05) is 12.1 Å². The average molecular weight is 330 g/mol. The van der Waals surface area contributed by atoms with Crippen LogP contribution < -0.4 is 5.32 Å². The van der Waals surface area contributed by atoms with Crippen LogP contribution in [-0.4, -0.2) is 41.6 Å². The van der Waals surface area contributed by atoms with Crippen molar-refractivity contribution < 1.29 is 14.4 Å². The smallest absolute Gasteiger partial charge is 0.252 e. The maximum atomic E-state index is 12.8. The van der Waals surface area contributed by atoms with Crippen molar-refractivity contribution in [2.75, 3.05) is 6.54 Å². The molecule has 24 heavy (non-hydrogen) atoms. The van der Waals surface area contributed by atoms with E-state index in [4.69, 9.17) is 0 Å². The normalized spacial score (nSPS) is 18.5. The fraction of sp³-hybridized carbons (Fsp3) is 0.526. The fourth-order valence-corrected chi connectivity index (χ4v) is 3.29. The SMILES string of the molecule is Cc1cccc(C)c1C(=O)N[C@H](C(=O)N1CCC[C@H]1C=O)C(C)C. The molecule has 1 saturated heterocycles. The van der Waals surface area contributed by atoms with E-state index in [0.717, 1.165) is 23.8 Å². The highest BCUT2D eigenvalue weighted by Crippen LogP contribution is 2.20. The Kier molecular flexibility index (Phi) is 5.75. The Morgan fingerprint density at radius 3 is 2.42 bits per heavy atom. The number of likely N-dealkylation sites (tertiary alicyclic amines) is 1. The third-order valence-electron chi connectivity index (χ3n) is 4.67. The Morgan fingerprint density at radius 1 is 1.25 bits per heavy atom. The van der Waals surface area contributed by atoms with E-state index >= 15 is 0 Å². The van der Waals surface area contributed by atoms with Gasteiger partial charge in [-0.3, -0.25) is 9.59 Å². The van der Waals surface area contributed by atoms with Crippen LogP contribution in [0.25, 0.3) is 0 Å². The molecule has 5 nitrogen and oxygen atoms in total. The van der Waals surface area contributed by atoms with Crippen LogP contribution in [0, 0.1) is 19.8 Å². The van der Waals surface area contributed by atoms with E-state index in [1.54, 1.807) is 4.90 Å². The Morgan fingerprint density at radius 2 is 1.88 bits per heavy atom. The molecule has 1 fully saturated rings. The van der Waals surface area contributed by atoms with E-state index < -0.39 is 6.04 Å². The highest BCUT2D eigenvalue weighted by atomic mass is 16.2. The number of nitrogens with zero attached hydrogens (tertiary/aromatic N) is 1. The number of aldehydes is 1. The molecule has 130 valence electrons. The fourth-order valence-electron chi connectivity index (χ4n) is 3.29. The van der Waals surface area contributed by atoms with Gasteiger partial charge in [-0.1, -0.05) is 32.0 Å². The van der Waals surface area contributed by atoms with Crippen LogP contribution in [0.5, 0.6) is 0 Å². The molecule has 1 heterocycles. The van der Waals surface area contributed by atoms with E-state index in [-0.39, 0.29) is 23.8 Å². The molecular weight excluding hydrogens is 304 g/mol. The lowest BCUT2D eigenvalue weighted by Crippen LogP contribution is -2.52. The lowest BCUT2D eigenvalue weighted by molar-refractivity contribution is -0.137. The number of carbonyl (C=O) groups excluding carboxylic acids is 3. The molecule has 0 aliphatic carbocycles. The zero-order valence-electron chi connectivity index (χ0n) is 14.8. The van der Waals surface area contributed by atoms with Gasteiger partial charge in [-0.25, -0.2) is 0 Å². The molecule has 1 aromatic rings.